The van der Waals surface area contributed by atoms with Crippen LogP contribution in [0.2, 0.25) is 0 Å². The molecule has 0 radical (unpaired) electrons. The van der Waals surface area contributed by atoms with Crippen LogP contribution in [0.25, 0.3) is 17.1 Å². The Morgan fingerprint density at radius 2 is 1.96 bits per heavy atom. The van der Waals surface area contributed by atoms with Gasteiger partial charge in [0.15, 0.2) is 0 Å². The maximum absolute atomic E-state index is 11.9. The van der Waals surface area contributed by atoms with Crippen LogP contribution in [-0.4, -0.2) is 36.6 Å². The van der Waals surface area contributed by atoms with Crippen LogP contribution in [0.4, 0.5) is 0 Å². The Labute approximate surface area is 151 Å². The molecule has 0 saturated carbocycles. The number of carbonyl (C=O) groups excluding carboxylic acids is 1. The fourth-order valence-corrected chi connectivity index (χ4v) is 2.57. The summed E-state index contributed by atoms with van der Waals surface area (Å²) in [5.41, 5.74) is 2.71. The van der Waals surface area contributed by atoms with Gasteiger partial charge in [-0.2, -0.15) is 0 Å². The van der Waals surface area contributed by atoms with E-state index in [1.165, 1.54) is 6.08 Å². The van der Waals surface area contributed by atoms with Gasteiger partial charge in [-0.3, -0.25) is 4.79 Å². The minimum Gasteiger partial charge on any atom is -0.497 e. The summed E-state index contributed by atoms with van der Waals surface area (Å²) in [5.74, 6) is 2.22. The van der Waals surface area contributed by atoms with Crippen molar-refractivity contribution in [2.24, 2.45) is 0 Å². The van der Waals surface area contributed by atoms with E-state index in [9.17, 15) is 4.79 Å². The molecule has 0 bridgehead atoms. The van der Waals surface area contributed by atoms with Gasteiger partial charge < -0.3 is 19.8 Å². The van der Waals surface area contributed by atoms with Gasteiger partial charge in [0.05, 0.1) is 25.3 Å². The Morgan fingerprint density at radius 1 is 1.15 bits per heavy atom. The number of hydrogen-bond acceptors (Lipinski definition) is 4. The van der Waals surface area contributed by atoms with Crippen LogP contribution in [0.1, 0.15) is 11.4 Å². The van der Waals surface area contributed by atoms with Gasteiger partial charge in [0.25, 0.3) is 0 Å². The largest absolute Gasteiger partial charge is 0.497 e. The van der Waals surface area contributed by atoms with Crippen molar-refractivity contribution in [2.45, 2.75) is 6.42 Å². The van der Waals surface area contributed by atoms with Gasteiger partial charge in [-0.25, -0.2) is 4.98 Å². The van der Waals surface area contributed by atoms with Crippen molar-refractivity contribution in [3.8, 4) is 11.5 Å². The Bertz CT molecular complexity index is 931. The van der Waals surface area contributed by atoms with E-state index in [2.05, 4.69) is 15.3 Å². The molecule has 0 fully saturated rings. The lowest BCUT2D eigenvalue weighted by atomic mass is 10.2. The summed E-state index contributed by atoms with van der Waals surface area (Å²) in [4.78, 5) is 19.7. The average Bonchev–Trinajstić information content (AvgIpc) is 3.08. The molecule has 134 valence electrons. The van der Waals surface area contributed by atoms with Crippen LogP contribution in [0.15, 0.2) is 48.5 Å². The monoisotopic (exact) mass is 351 g/mol. The van der Waals surface area contributed by atoms with Crippen molar-refractivity contribution < 1.29 is 14.3 Å². The van der Waals surface area contributed by atoms with E-state index >= 15 is 0 Å². The van der Waals surface area contributed by atoms with Crippen molar-refractivity contribution in [1.82, 2.24) is 15.3 Å². The molecule has 6 nitrogen and oxygen atoms in total. The van der Waals surface area contributed by atoms with E-state index in [0.717, 1.165) is 33.9 Å². The van der Waals surface area contributed by atoms with Gasteiger partial charge in [-0.1, -0.05) is 12.1 Å². The molecule has 2 N–H and O–H groups in total. The summed E-state index contributed by atoms with van der Waals surface area (Å²) < 4.78 is 10.4. The van der Waals surface area contributed by atoms with Gasteiger partial charge in [0, 0.05) is 25.1 Å². The summed E-state index contributed by atoms with van der Waals surface area (Å²) >= 11 is 0. The molecule has 0 spiro atoms. The highest BCUT2D eigenvalue weighted by molar-refractivity contribution is 5.91. The van der Waals surface area contributed by atoms with E-state index in [-0.39, 0.29) is 5.91 Å². The highest BCUT2D eigenvalue weighted by Gasteiger charge is 2.04. The molecular weight excluding hydrogens is 330 g/mol. The second kappa shape index (κ2) is 8.20. The van der Waals surface area contributed by atoms with Crippen molar-refractivity contribution in [3.63, 3.8) is 0 Å². The van der Waals surface area contributed by atoms with Gasteiger partial charge >= 0.3 is 0 Å². The number of benzene rings is 2. The number of aromatic nitrogens is 2. The maximum atomic E-state index is 11.9. The van der Waals surface area contributed by atoms with E-state index in [4.69, 9.17) is 9.47 Å². The standard InChI is InChI=1S/C20H21N3O3/c1-25-15-5-3-4-14(12-15)6-9-20(24)21-11-10-19-22-17-8-7-16(26-2)13-18(17)23-19/h3-9,12-13H,10-11H2,1-2H3,(H,21,24)(H,22,23)/b9-6+. The average molecular weight is 351 g/mol. The molecule has 0 atom stereocenters. The predicted molar refractivity (Wildman–Crippen MR) is 101 cm³/mol. The first-order valence-electron chi connectivity index (χ1n) is 8.30. The smallest absolute Gasteiger partial charge is 0.244 e. The summed E-state index contributed by atoms with van der Waals surface area (Å²) in [5, 5.41) is 2.86. The van der Waals surface area contributed by atoms with E-state index < -0.39 is 0 Å². The number of amides is 1. The molecule has 26 heavy (non-hydrogen) atoms. The van der Waals surface area contributed by atoms with Crippen LogP contribution in [0.3, 0.4) is 0 Å². The third-order valence-corrected chi connectivity index (χ3v) is 3.92. The molecule has 6 heteroatoms. The molecule has 0 unspecified atom stereocenters. The molecule has 1 amide bonds. The topological polar surface area (TPSA) is 76.2 Å². The third-order valence-electron chi connectivity index (χ3n) is 3.92. The van der Waals surface area contributed by atoms with Crippen LogP contribution >= 0.6 is 0 Å². The first-order valence-corrected chi connectivity index (χ1v) is 8.30. The van der Waals surface area contributed by atoms with E-state index in [1.807, 2.05) is 42.5 Å². The quantitative estimate of drug-likeness (QED) is 0.642. The Morgan fingerprint density at radius 3 is 2.77 bits per heavy atom. The lowest BCUT2D eigenvalue weighted by Gasteiger charge is -2.01. The molecule has 0 saturated heterocycles. The number of ether oxygens (including phenoxy) is 2. The highest BCUT2D eigenvalue weighted by Crippen LogP contribution is 2.18. The lowest BCUT2D eigenvalue weighted by Crippen LogP contribution is -2.23. The van der Waals surface area contributed by atoms with Gasteiger partial charge in [-0.05, 0) is 35.9 Å². The number of fused-ring (bicyclic) bond motifs is 1. The van der Waals surface area contributed by atoms with Crippen molar-refractivity contribution in [3.05, 3.63) is 59.9 Å². The SMILES string of the molecule is COc1cccc(/C=C/C(=O)NCCc2nc3ccc(OC)cc3[nH]2)c1. The van der Waals surface area contributed by atoms with Crippen LogP contribution in [-0.2, 0) is 11.2 Å². The van der Waals surface area contributed by atoms with Crippen LogP contribution < -0.4 is 14.8 Å². The summed E-state index contributed by atoms with van der Waals surface area (Å²) in [6, 6.07) is 13.2. The number of nitrogens with zero attached hydrogens (tertiary/aromatic N) is 1. The number of H-pyrrole nitrogens is 1. The molecule has 1 aromatic heterocycles. The summed E-state index contributed by atoms with van der Waals surface area (Å²) in [6.45, 7) is 0.498. The zero-order chi connectivity index (χ0) is 18.4. The first kappa shape index (κ1) is 17.5. The van der Waals surface area contributed by atoms with Gasteiger partial charge in [0.2, 0.25) is 5.91 Å². The minimum atomic E-state index is -0.148. The fraction of sp³-hybridized carbons (Fsp3) is 0.200. The molecule has 0 aliphatic carbocycles. The molecule has 2 aromatic carbocycles. The van der Waals surface area contributed by atoms with Crippen LogP contribution in [0, 0.1) is 0 Å². The highest BCUT2D eigenvalue weighted by atomic mass is 16.5. The van der Waals surface area contributed by atoms with Crippen molar-refractivity contribution >= 4 is 23.0 Å². The number of nitrogens with one attached hydrogen (secondary N) is 2. The Hall–Kier alpha value is -3.28. The number of carbonyl (C=O) groups is 1. The van der Waals surface area contributed by atoms with Crippen molar-refractivity contribution in [2.75, 3.05) is 20.8 Å². The Balaban J connectivity index is 1.52. The molecule has 3 rings (SSSR count). The zero-order valence-electron chi connectivity index (χ0n) is 14.8. The second-order valence-electron chi connectivity index (χ2n) is 5.72. The fourth-order valence-electron chi connectivity index (χ4n) is 2.57. The van der Waals surface area contributed by atoms with Gasteiger partial charge in [-0.15, -0.1) is 0 Å². The van der Waals surface area contributed by atoms with Crippen LogP contribution in [0.5, 0.6) is 11.5 Å². The molecule has 0 aliphatic heterocycles. The second-order valence-corrected chi connectivity index (χ2v) is 5.72. The molecule has 3 aromatic rings. The number of methoxy groups -OCH3 is 2. The Kier molecular flexibility index (Phi) is 5.53. The number of aromatic amines is 1. The number of imidazole rings is 1. The number of rotatable bonds is 7. The van der Waals surface area contributed by atoms with Gasteiger partial charge in [0.1, 0.15) is 17.3 Å². The predicted octanol–water partition coefficient (Wildman–Crippen LogP) is 2.95. The van der Waals surface area contributed by atoms with Crippen molar-refractivity contribution in [1.29, 1.82) is 0 Å². The minimum absolute atomic E-state index is 0.148. The number of hydrogen-bond donors (Lipinski definition) is 2. The molecule has 1 heterocycles. The maximum Gasteiger partial charge on any atom is 0.244 e. The summed E-state index contributed by atoms with van der Waals surface area (Å²) in [7, 11) is 3.25. The normalized spacial score (nSPS) is 11.0. The third kappa shape index (κ3) is 4.42. The summed E-state index contributed by atoms with van der Waals surface area (Å²) in [6.07, 6.45) is 3.89. The first-order chi connectivity index (χ1) is 12.7. The lowest BCUT2D eigenvalue weighted by molar-refractivity contribution is -0.116. The zero-order valence-corrected chi connectivity index (χ0v) is 14.8. The molecule has 0 aliphatic rings. The van der Waals surface area contributed by atoms with E-state index in [1.54, 1.807) is 20.3 Å². The van der Waals surface area contributed by atoms with E-state index in [0.29, 0.717) is 13.0 Å². The molecular formula is C20H21N3O3.